The van der Waals surface area contributed by atoms with Crippen LogP contribution in [0, 0.1) is 27.7 Å². The first-order valence-electron chi connectivity index (χ1n) is 8.93. The van der Waals surface area contributed by atoms with Crippen molar-refractivity contribution in [1.82, 2.24) is 5.32 Å². The Kier molecular flexibility index (Phi) is 6.24. The quantitative estimate of drug-likeness (QED) is 0.808. The Bertz CT molecular complexity index is 752. The summed E-state index contributed by atoms with van der Waals surface area (Å²) in [5.74, 6) is 0.676. The molecular weight excluding hydrogens is 310 g/mol. The lowest BCUT2D eigenvalue weighted by atomic mass is 9.97. The first-order valence-corrected chi connectivity index (χ1v) is 8.93. The molecule has 2 rings (SSSR count). The molecule has 1 N–H and O–H groups in total. The van der Waals surface area contributed by atoms with Crippen molar-refractivity contribution in [3.05, 3.63) is 64.2 Å². The average molecular weight is 339 g/mol. The van der Waals surface area contributed by atoms with Crippen molar-refractivity contribution in [1.29, 1.82) is 0 Å². The fraction of sp³-hybridized carbons (Fsp3) is 0.409. The van der Waals surface area contributed by atoms with Crippen molar-refractivity contribution in [2.24, 2.45) is 0 Å². The number of amides is 1. The SMILES string of the molecule is CC[C@@H](NC(=O)[C@H](C)Oc1cc(C)ccc1C)c1ccc(C)cc1C. The minimum Gasteiger partial charge on any atom is -0.481 e. The van der Waals surface area contributed by atoms with E-state index >= 15 is 0 Å². The summed E-state index contributed by atoms with van der Waals surface area (Å²) in [6, 6.07) is 12.4. The Balaban J connectivity index is 2.09. The van der Waals surface area contributed by atoms with E-state index < -0.39 is 6.10 Å². The minimum absolute atomic E-state index is 0.00208. The molecular formula is C22H29NO2. The van der Waals surface area contributed by atoms with E-state index in [2.05, 4.69) is 44.3 Å². The summed E-state index contributed by atoms with van der Waals surface area (Å²) in [5.41, 5.74) is 5.76. The molecule has 0 spiro atoms. The van der Waals surface area contributed by atoms with Gasteiger partial charge in [-0.25, -0.2) is 0 Å². The van der Waals surface area contributed by atoms with E-state index in [-0.39, 0.29) is 11.9 Å². The number of ether oxygens (including phenoxy) is 1. The Hall–Kier alpha value is -2.29. The molecule has 3 heteroatoms. The van der Waals surface area contributed by atoms with Gasteiger partial charge < -0.3 is 10.1 Å². The number of hydrogen-bond donors (Lipinski definition) is 1. The van der Waals surface area contributed by atoms with Crippen molar-refractivity contribution in [3.8, 4) is 5.75 Å². The van der Waals surface area contributed by atoms with Gasteiger partial charge in [-0.3, -0.25) is 4.79 Å². The van der Waals surface area contributed by atoms with E-state index in [9.17, 15) is 4.79 Å². The van der Waals surface area contributed by atoms with Gasteiger partial charge in [-0.15, -0.1) is 0 Å². The molecule has 0 radical (unpaired) electrons. The monoisotopic (exact) mass is 339 g/mol. The molecule has 0 aliphatic rings. The smallest absolute Gasteiger partial charge is 0.261 e. The van der Waals surface area contributed by atoms with E-state index in [1.54, 1.807) is 6.92 Å². The Morgan fingerprint density at radius 3 is 2.28 bits per heavy atom. The molecule has 25 heavy (non-hydrogen) atoms. The molecule has 2 atom stereocenters. The van der Waals surface area contributed by atoms with Gasteiger partial charge in [0.2, 0.25) is 0 Å². The lowest BCUT2D eigenvalue weighted by molar-refractivity contribution is -0.128. The van der Waals surface area contributed by atoms with E-state index in [0.717, 1.165) is 23.3 Å². The fourth-order valence-corrected chi connectivity index (χ4v) is 2.98. The van der Waals surface area contributed by atoms with Crippen LogP contribution in [0.5, 0.6) is 5.75 Å². The molecule has 0 saturated heterocycles. The molecule has 0 aromatic heterocycles. The highest BCUT2D eigenvalue weighted by molar-refractivity contribution is 5.81. The number of nitrogens with one attached hydrogen (secondary N) is 1. The van der Waals surface area contributed by atoms with Gasteiger partial charge in [0, 0.05) is 0 Å². The van der Waals surface area contributed by atoms with Crippen molar-refractivity contribution in [3.63, 3.8) is 0 Å². The molecule has 0 unspecified atom stereocenters. The summed E-state index contributed by atoms with van der Waals surface area (Å²) in [5, 5.41) is 3.13. The van der Waals surface area contributed by atoms with Crippen LogP contribution >= 0.6 is 0 Å². The molecule has 0 bridgehead atoms. The standard InChI is InChI=1S/C22H29NO2/c1-7-20(19-11-9-14(2)12-17(19)5)23-22(24)18(6)25-21-13-15(3)8-10-16(21)4/h8-13,18,20H,7H2,1-6H3,(H,23,24)/t18-,20+/m0/s1. The third-order valence-electron chi connectivity index (χ3n) is 4.54. The second kappa shape index (κ2) is 8.19. The van der Waals surface area contributed by atoms with Gasteiger partial charge in [0.05, 0.1) is 6.04 Å². The van der Waals surface area contributed by atoms with Gasteiger partial charge in [-0.2, -0.15) is 0 Å². The fourth-order valence-electron chi connectivity index (χ4n) is 2.98. The number of benzene rings is 2. The third kappa shape index (κ3) is 4.85. The zero-order valence-electron chi connectivity index (χ0n) is 16.1. The van der Waals surface area contributed by atoms with Crippen LogP contribution in [-0.2, 0) is 4.79 Å². The number of carbonyl (C=O) groups excluding carboxylic acids is 1. The highest BCUT2D eigenvalue weighted by atomic mass is 16.5. The molecule has 3 nitrogen and oxygen atoms in total. The topological polar surface area (TPSA) is 38.3 Å². The van der Waals surface area contributed by atoms with Gasteiger partial charge in [0.15, 0.2) is 6.10 Å². The molecule has 2 aromatic carbocycles. The number of hydrogen-bond acceptors (Lipinski definition) is 2. The zero-order chi connectivity index (χ0) is 18.6. The molecule has 0 aliphatic carbocycles. The van der Waals surface area contributed by atoms with Gasteiger partial charge in [-0.05, 0) is 69.4 Å². The van der Waals surface area contributed by atoms with Gasteiger partial charge in [0.25, 0.3) is 5.91 Å². The molecule has 0 fully saturated rings. The van der Waals surface area contributed by atoms with Crippen molar-refractivity contribution < 1.29 is 9.53 Å². The summed E-state index contributed by atoms with van der Waals surface area (Å²) in [4.78, 5) is 12.6. The summed E-state index contributed by atoms with van der Waals surface area (Å²) >= 11 is 0. The van der Waals surface area contributed by atoms with Crippen molar-refractivity contribution in [2.45, 2.75) is 60.1 Å². The van der Waals surface area contributed by atoms with E-state index in [1.807, 2.05) is 32.0 Å². The molecule has 2 aromatic rings. The lowest BCUT2D eigenvalue weighted by Gasteiger charge is -2.23. The maximum atomic E-state index is 12.6. The second-order valence-corrected chi connectivity index (χ2v) is 6.86. The third-order valence-corrected chi connectivity index (χ3v) is 4.54. The first kappa shape index (κ1) is 19.0. The average Bonchev–Trinajstić information content (AvgIpc) is 2.56. The van der Waals surface area contributed by atoms with Crippen LogP contribution in [0.2, 0.25) is 0 Å². The number of rotatable bonds is 6. The summed E-state index contributed by atoms with van der Waals surface area (Å²) < 4.78 is 5.91. The van der Waals surface area contributed by atoms with Crippen LogP contribution < -0.4 is 10.1 Å². The maximum Gasteiger partial charge on any atom is 0.261 e. The van der Waals surface area contributed by atoms with E-state index in [4.69, 9.17) is 4.74 Å². The molecule has 0 aliphatic heterocycles. The van der Waals surface area contributed by atoms with Gasteiger partial charge in [0.1, 0.15) is 5.75 Å². The normalized spacial score (nSPS) is 13.2. The maximum absolute atomic E-state index is 12.6. The summed E-state index contributed by atoms with van der Waals surface area (Å²) in [7, 11) is 0. The van der Waals surface area contributed by atoms with Crippen LogP contribution in [0.25, 0.3) is 0 Å². The molecule has 0 saturated carbocycles. The van der Waals surface area contributed by atoms with Gasteiger partial charge >= 0.3 is 0 Å². The van der Waals surface area contributed by atoms with Crippen LogP contribution in [0.15, 0.2) is 36.4 Å². The summed E-state index contributed by atoms with van der Waals surface area (Å²) in [6.07, 6.45) is 0.298. The van der Waals surface area contributed by atoms with Crippen LogP contribution in [0.4, 0.5) is 0 Å². The minimum atomic E-state index is -0.541. The van der Waals surface area contributed by atoms with E-state index in [0.29, 0.717) is 0 Å². The van der Waals surface area contributed by atoms with Crippen molar-refractivity contribution >= 4 is 5.91 Å². The van der Waals surface area contributed by atoms with E-state index in [1.165, 1.54) is 16.7 Å². The van der Waals surface area contributed by atoms with Crippen LogP contribution in [0.1, 0.15) is 54.1 Å². The lowest BCUT2D eigenvalue weighted by Crippen LogP contribution is -2.38. The Morgan fingerprint density at radius 2 is 1.64 bits per heavy atom. The highest BCUT2D eigenvalue weighted by Gasteiger charge is 2.21. The van der Waals surface area contributed by atoms with Crippen LogP contribution in [0.3, 0.4) is 0 Å². The number of carbonyl (C=O) groups is 1. The predicted octanol–water partition coefficient (Wildman–Crippen LogP) is 4.96. The Morgan fingerprint density at radius 1 is 1.00 bits per heavy atom. The Labute approximate surface area is 151 Å². The largest absolute Gasteiger partial charge is 0.481 e. The first-order chi connectivity index (χ1) is 11.8. The second-order valence-electron chi connectivity index (χ2n) is 6.86. The highest BCUT2D eigenvalue weighted by Crippen LogP contribution is 2.23. The van der Waals surface area contributed by atoms with Crippen LogP contribution in [-0.4, -0.2) is 12.0 Å². The predicted molar refractivity (Wildman–Crippen MR) is 103 cm³/mol. The zero-order valence-corrected chi connectivity index (χ0v) is 16.1. The van der Waals surface area contributed by atoms with Crippen molar-refractivity contribution in [2.75, 3.05) is 0 Å². The number of aryl methyl sites for hydroxylation is 4. The molecule has 0 heterocycles. The molecule has 1 amide bonds. The van der Waals surface area contributed by atoms with Gasteiger partial charge in [-0.1, -0.05) is 42.8 Å². The molecule has 134 valence electrons. The summed E-state index contributed by atoms with van der Waals surface area (Å²) in [6.45, 7) is 12.1.